The second-order valence-corrected chi connectivity index (χ2v) is 5.12. The second kappa shape index (κ2) is 11.8. The average Bonchev–Trinajstić information content (AvgIpc) is 2.35. The summed E-state index contributed by atoms with van der Waals surface area (Å²) < 4.78 is 0. The number of primary amides is 2. The summed E-state index contributed by atoms with van der Waals surface area (Å²) >= 11 is 0. The van der Waals surface area contributed by atoms with E-state index >= 15 is 0 Å². The van der Waals surface area contributed by atoms with E-state index < -0.39 is 0 Å². The minimum atomic E-state index is -0.379. The highest BCUT2D eigenvalue weighted by atomic mass is 16.1. The lowest BCUT2D eigenvalue weighted by atomic mass is 10.0. The maximum Gasteiger partial charge on any atom is 0.244 e. The summed E-state index contributed by atoms with van der Waals surface area (Å²) in [6.45, 7) is 3.63. The predicted molar refractivity (Wildman–Crippen MR) is 78.3 cm³/mol. The van der Waals surface area contributed by atoms with Gasteiger partial charge in [-0.2, -0.15) is 0 Å². The standard InChI is InChI=1S/C15H28N2O2/c1-13(15(17)19)11-9-7-5-3-2-4-6-8-10-12-14(16)18/h1-12H2,(H2,16,18)(H2,17,19). The van der Waals surface area contributed by atoms with Crippen LogP contribution in [0.2, 0.25) is 0 Å². The molecule has 0 atom stereocenters. The molecular formula is C15H28N2O2. The summed E-state index contributed by atoms with van der Waals surface area (Å²) in [6.07, 6.45) is 11.5. The van der Waals surface area contributed by atoms with Crippen LogP contribution in [0.25, 0.3) is 0 Å². The first-order valence-electron chi connectivity index (χ1n) is 7.30. The fraction of sp³-hybridized carbons (Fsp3) is 0.733. The highest BCUT2D eigenvalue weighted by molar-refractivity contribution is 5.91. The fourth-order valence-corrected chi connectivity index (χ4v) is 2.00. The van der Waals surface area contributed by atoms with Crippen molar-refractivity contribution >= 4 is 11.8 Å². The molecule has 4 heteroatoms. The molecule has 0 aromatic heterocycles. The molecule has 0 aliphatic carbocycles. The van der Waals surface area contributed by atoms with Crippen LogP contribution < -0.4 is 11.5 Å². The molecule has 0 aliphatic rings. The van der Waals surface area contributed by atoms with Crippen molar-refractivity contribution in [2.24, 2.45) is 11.5 Å². The van der Waals surface area contributed by atoms with Gasteiger partial charge in [-0.25, -0.2) is 0 Å². The Morgan fingerprint density at radius 3 is 1.42 bits per heavy atom. The topological polar surface area (TPSA) is 86.2 Å². The third-order valence-corrected chi connectivity index (χ3v) is 3.25. The van der Waals surface area contributed by atoms with Crippen LogP contribution in [0.1, 0.15) is 70.6 Å². The Kier molecular flexibility index (Phi) is 10.9. The number of nitrogens with two attached hydrogens (primary N) is 2. The van der Waals surface area contributed by atoms with Crippen LogP contribution >= 0.6 is 0 Å². The number of unbranched alkanes of at least 4 members (excludes halogenated alkanes) is 8. The highest BCUT2D eigenvalue weighted by Crippen LogP contribution is 2.12. The number of hydrogen-bond donors (Lipinski definition) is 2. The van der Waals surface area contributed by atoms with Gasteiger partial charge in [0.25, 0.3) is 0 Å². The molecule has 0 saturated carbocycles. The summed E-state index contributed by atoms with van der Waals surface area (Å²) in [6, 6.07) is 0. The molecule has 0 rings (SSSR count). The normalized spacial score (nSPS) is 10.3. The Balaban J connectivity index is 3.13. The van der Waals surface area contributed by atoms with Gasteiger partial charge in [-0.3, -0.25) is 9.59 Å². The first kappa shape index (κ1) is 17.7. The van der Waals surface area contributed by atoms with E-state index in [0.717, 1.165) is 32.1 Å². The van der Waals surface area contributed by atoms with E-state index in [0.29, 0.717) is 12.0 Å². The molecule has 0 aliphatic heterocycles. The minimum absolute atomic E-state index is 0.197. The Bertz CT molecular complexity index is 288. The largest absolute Gasteiger partial charge is 0.370 e. The molecule has 0 unspecified atom stereocenters. The van der Waals surface area contributed by atoms with Gasteiger partial charge in [-0.1, -0.05) is 51.5 Å². The van der Waals surface area contributed by atoms with E-state index in [4.69, 9.17) is 11.5 Å². The Hall–Kier alpha value is -1.32. The summed E-state index contributed by atoms with van der Waals surface area (Å²) in [5.41, 5.74) is 10.7. The predicted octanol–water partition coefficient (Wildman–Crippen LogP) is 2.80. The highest BCUT2D eigenvalue weighted by Gasteiger charge is 2.00. The number of amides is 2. The zero-order valence-corrected chi connectivity index (χ0v) is 12.0. The van der Waals surface area contributed by atoms with E-state index in [9.17, 15) is 9.59 Å². The smallest absolute Gasteiger partial charge is 0.244 e. The van der Waals surface area contributed by atoms with Crippen molar-refractivity contribution in [3.8, 4) is 0 Å². The molecule has 0 bridgehead atoms. The van der Waals surface area contributed by atoms with Gasteiger partial charge >= 0.3 is 0 Å². The van der Waals surface area contributed by atoms with Crippen LogP contribution in [0.5, 0.6) is 0 Å². The van der Waals surface area contributed by atoms with Crippen molar-refractivity contribution in [2.45, 2.75) is 70.6 Å². The quantitative estimate of drug-likeness (QED) is 0.397. The van der Waals surface area contributed by atoms with Crippen molar-refractivity contribution in [2.75, 3.05) is 0 Å². The molecule has 0 heterocycles. The number of hydrogen-bond acceptors (Lipinski definition) is 2. The Morgan fingerprint density at radius 2 is 1.05 bits per heavy atom. The molecule has 19 heavy (non-hydrogen) atoms. The summed E-state index contributed by atoms with van der Waals surface area (Å²) in [4.78, 5) is 21.2. The molecule has 0 saturated heterocycles. The molecule has 2 amide bonds. The van der Waals surface area contributed by atoms with Crippen molar-refractivity contribution in [3.05, 3.63) is 12.2 Å². The monoisotopic (exact) mass is 268 g/mol. The Labute approximate surface area is 116 Å². The van der Waals surface area contributed by atoms with E-state index in [1.54, 1.807) is 0 Å². The van der Waals surface area contributed by atoms with Gasteiger partial charge in [0.1, 0.15) is 0 Å². The van der Waals surface area contributed by atoms with Crippen LogP contribution in [0, 0.1) is 0 Å². The van der Waals surface area contributed by atoms with Gasteiger partial charge in [-0.15, -0.1) is 0 Å². The zero-order valence-electron chi connectivity index (χ0n) is 12.0. The zero-order chi connectivity index (χ0) is 14.5. The lowest BCUT2D eigenvalue weighted by molar-refractivity contribution is -0.118. The van der Waals surface area contributed by atoms with Gasteiger partial charge in [-0.05, 0) is 19.3 Å². The Morgan fingerprint density at radius 1 is 0.684 bits per heavy atom. The van der Waals surface area contributed by atoms with Crippen LogP contribution in [0.15, 0.2) is 12.2 Å². The molecule has 4 nitrogen and oxygen atoms in total. The van der Waals surface area contributed by atoms with Gasteiger partial charge in [0.2, 0.25) is 11.8 Å². The number of rotatable bonds is 13. The van der Waals surface area contributed by atoms with Crippen molar-refractivity contribution in [1.82, 2.24) is 0 Å². The third kappa shape index (κ3) is 12.9. The van der Waals surface area contributed by atoms with E-state index in [-0.39, 0.29) is 11.8 Å². The first-order chi connectivity index (χ1) is 9.04. The molecule has 0 fully saturated rings. The second-order valence-electron chi connectivity index (χ2n) is 5.12. The van der Waals surface area contributed by atoms with Crippen molar-refractivity contribution in [3.63, 3.8) is 0 Å². The molecular weight excluding hydrogens is 240 g/mol. The number of carbonyl (C=O) groups excluding carboxylic acids is 2. The van der Waals surface area contributed by atoms with Gasteiger partial charge < -0.3 is 11.5 Å². The van der Waals surface area contributed by atoms with Crippen LogP contribution in [-0.4, -0.2) is 11.8 Å². The average molecular weight is 268 g/mol. The van der Waals surface area contributed by atoms with Crippen molar-refractivity contribution in [1.29, 1.82) is 0 Å². The first-order valence-corrected chi connectivity index (χ1v) is 7.30. The van der Waals surface area contributed by atoms with Crippen molar-refractivity contribution < 1.29 is 9.59 Å². The fourth-order valence-electron chi connectivity index (χ4n) is 2.00. The summed E-state index contributed by atoms with van der Waals surface area (Å²) in [5, 5.41) is 0. The molecule has 4 N–H and O–H groups in total. The maximum atomic E-state index is 10.7. The molecule has 0 aromatic carbocycles. The molecule has 0 radical (unpaired) electrons. The minimum Gasteiger partial charge on any atom is -0.370 e. The van der Waals surface area contributed by atoms with Gasteiger partial charge in [0.05, 0.1) is 0 Å². The van der Waals surface area contributed by atoms with E-state index in [2.05, 4.69) is 6.58 Å². The third-order valence-electron chi connectivity index (χ3n) is 3.25. The molecule has 0 aromatic rings. The lowest BCUT2D eigenvalue weighted by Crippen LogP contribution is -2.12. The lowest BCUT2D eigenvalue weighted by Gasteiger charge is -2.03. The summed E-state index contributed by atoms with van der Waals surface area (Å²) in [7, 11) is 0. The van der Waals surface area contributed by atoms with Crippen LogP contribution in [0.3, 0.4) is 0 Å². The molecule has 0 spiro atoms. The molecule has 110 valence electrons. The van der Waals surface area contributed by atoms with E-state index in [1.165, 1.54) is 32.1 Å². The van der Waals surface area contributed by atoms with Gasteiger partial charge in [0.15, 0.2) is 0 Å². The summed E-state index contributed by atoms with van der Waals surface area (Å²) in [5.74, 6) is -0.575. The van der Waals surface area contributed by atoms with E-state index in [1.807, 2.05) is 0 Å². The number of carbonyl (C=O) groups is 2. The van der Waals surface area contributed by atoms with Crippen LogP contribution in [-0.2, 0) is 9.59 Å². The maximum absolute atomic E-state index is 10.7. The van der Waals surface area contributed by atoms with Gasteiger partial charge in [0, 0.05) is 12.0 Å². The SMILES string of the molecule is C=C(CCCCCCCCCCCC(N)=O)C(N)=O. The van der Waals surface area contributed by atoms with Crippen LogP contribution in [0.4, 0.5) is 0 Å².